The van der Waals surface area contributed by atoms with Crippen LogP contribution >= 0.6 is 15.9 Å². The van der Waals surface area contributed by atoms with Crippen molar-refractivity contribution in [3.05, 3.63) is 46.0 Å². The van der Waals surface area contributed by atoms with Crippen molar-refractivity contribution in [3.63, 3.8) is 0 Å². The summed E-state index contributed by atoms with van der Waals surface area (Å²) < 4.78 is 38.7. The Morgan fingerprint density at radius 2 is 2.00 bits per heavy atom. The van der Waals surface area contributed by atoms with Gasteiger partial charge in [-0.25, -0.2) is 0 Å². The number of hydrogen-bond donors (Lipinski definition) is 0. The maximum atomic E-state index is 12.8. The van der Waals surface area contributed by atoms with Gasteiger partial charge in [-0.3, -0.25) is 4.79 Å². The predicted molar refractivity (Wildman–Crippen MR) is 67.5 cm³/mol. The number of hydrogen-bond acceptors (Lipinski definition) is 1. The molecule has 0 spiro atoms. The topological polar surface area (TPSA) is 17.1 Å². The second-order valence-electron chi connectivity index (χ2n) is 3.89. The first-order chi connectivity index (χ1) is 8.25. The standard InChI is InChI=1S/C13H12BrF3O/c1-3-8(2)6-12(18)10-5-4-9(14)7-11(10)13(15,16)17/h4-5,7H,2-3,6H2,1H3. The Hall–Kier alpha value is -1.10. The molecule has 0 amide bonds. The van der Waals surface area contributed by atoms with Crippen molar-refractivity contribution in [1.82, 2.24) is 0 Å². The molecule has 0 heterocycles. The highest BCUT2D eigenvalue weighted by Crippen LogP contribution is 2.34. The van der Waals surface area contributed by atoms with Crippen LogP contribution in [0.15, 0.2) is 34.8 Å². The van der Waals surface area contributed by atoms with Crippen LogP contribution in [0.4, 0.5) is 13.2 Å². The molecule has 18 heavy (non-hydrogen) atoms. The molecule has 0 fully saturated rings. The summed E-state index contributed by atoms with van der Waals surface area (Å²) in [4.78, 5) is 11.8. The molecule has 0 saturated heterocycles. The monoisotopic (exact) mass is 320 g/mol. The molecule has 1 nitrogen and oxygen atoms in total. The molecule has 0 aromatic heterocycles. The van der Waals surface area contributed by atoms with Crippen LogP contribution in [0, 0.1) is 0 Å². The van der Waals surface area contributed by atoms with Crippen molar-refractivity contribution >= 4 is 21.7 Å². The molecule has 0 atom stereocenters. The van der Waals surface area contributed by atoms with E-state index in [0.29, 0.717) is 16.5 Å². The van der Waals surface area contributed by atoms with E-state index in [9.17, 15) is 18.0 Å². The predicted octanol–water partition coefficient (Wildman–Crippen LogP) is 5.01. The molecule has 0 saturated carbocycles. The summed E-state index contributed by atoms with van der Waals surface area (Å²) in [7, 11) is 0. The molecule has 0 aliphatic carbocycles. The molecular formula is C13H12BrF3O. The lowest BCUT2D eigenvalue weighted by Crippen LogP contribution is -2.13. The quantitative estimate of drug-likeness (QED) is 0.563. The van der Waals surface area contributed by atoms with Gasteiger partial charge in [0, 0.05) is 16.5 Å². The minimum Gasteiger partial charge on any atom is -0.294 e. The number of benzene rings is 1. The highest BCUT2D eigenvalue weighted by molar-refractivity contribution is 9.10. The van der Waals surface area contributed by atoms with Gasteiger partial charge in [-0.2, -0.15) is 13.2 Å². The van der Waals surface area contributed by atoms with Crippen molar-refractivity contribution in [2.24, 2.45) is 0 Å². The zero-order valence-corrected chi connectivity index (χ0v) is 11.4. The fourth-order valence-electron chi connectivity index (χ4n) is 1.44. The van der Waals surface area contributed by atoms with E-state index in [4.69, 9.17) is 0 Å². The van der Waals surface area contributed by atoms with Gasteiger partial charge in [0.1, 0.15) is 0 Å². The fraction of sp³-hybridized carbons (Fsp3) is 0.308. The van der Waals surface area contributed by atoms with Crippen molar-refractivity contribution in [3.8, 4) is 0 Å². The van der Waals surface area contributed by atoms with Gasteiger partial charge in [-0.1, -0.05) is 35.0 Å². The van der Waals surface area contributed by atoms with E-state index in [1.54, 1.807) is 0 Å². The van der Waals surface area contributed by atoms with Crippen molar-refractivity contribution in [1.29, 1.82) is 0 Å². The summed E-state index contributed by atoms with van der Waals surface area (Å²) >= 11 is 2.97. The number of carbonyl (C=O) groups is 1. The second-order valence-corrected chi connectivity index (χ2v) is 4.81. The van der Waals surface area contributed by atoms with E-state index in [-0.39, 0.29) is 12.0 Å². The highest BCUT2D eigenvalue weighted by Gasteiger charge is 2.35. The van der Waals surface area contributed by atoms with Gasteiger partial charge in [0.25, 0.3) is 0 Å². The molecule has 5 heteroatoms. The lowest BCUT2D eigenvalue weighted by atomic mass is 9.98. The van der Waals surface area contributed by atoms with Crippen molar-refractivity contribution in [2.45, 2.75) is 25.9 Å². The van der Waals surface area contributed by atoms with Gasteiger partial charge >= 0.3 is 6.18 Å². The Morgan fingerprint density at radius 1 is 1.39 bits per heavy atom. The van der Waals surface area contributed by atoms with Crippen LogP contribution in [0.3, 0.4) is 0 Å². The first-order valence-corrected chi connectivity index (χ1v) is 6.11. The Labute approximate surface area is 112 Å². The molecule has 1 rings (SSSR count). The molecule has 0 unspecified atom stereocenters. The lowest BCUT2D eigenvalue weighted by molar-refractivity contribution is -0.138. The zero-order valence-electron chi connectivity index (χ0n) is 9.77. The summed E-state index contributed by atoms with van der Waals surface area (Å²) in [6, 6.07) is 3.54. The normalized spacial score (nSPS) is 11.4. The first-order valence-electron chi connectivity index (χ1n) is 5.32. The van der Waals surface area contributed by atoms with Crippen molar-refractivity contribution < 1.29 is 18.0 Å². The van der Waals surface area contributed by atoms with Gasteiger partial charge in [0.15, 0.2) is 5.78 Å². The van der Waals surface area contributed by atoms with Crippen molar-refractivity contribution in [2.75, 3.05) is 0 Å². The maximum Gasteiger partial charge on any atom is 0.417 e. The highest BCUT2D eigenvalue weighted by atomic mass is 79.9. The van der Waals surface area contributed by atoms with Gasteiger partial charge in [0.2, 0.25) is 0 Å². The van der Waals surface area contributed by atoms with E-state index in [1.165, 1.54) is 12.1 Å². The van der Waals surface area contributed by atoms with E-state index in [1.807, 2.05) is 6.92 Å². The maximum absolute atomic E-state index is 12.8. The molecule has 0 bridgehead atoms. The van der Waals surface area contributed by atoms with Gasteiger partial charge in [-0.05, 0) is 24.6 Å². The Balaban J connectivity index is 3.16. The van der Waals surface area contributed by atoms with Crippen LogP contribution in [0.1, 0.15) is 35.7 Å². The lowest BCUT2D eigenvalue weighted by Gasteiger charge is -2.12. The molecule has 0 aliphatic rings. The summed E-state index contributed by atoms with van der Waals surface area (Å²) in [6.07, 6.45) is -4.02. The van der Waals surface area contributed by atoms with Crippen LogP contribution in [0.25, 0.3) is 0 Å². The minimum absolute atomic E-state index is 0.0544. The van der Waals surface area contributed by atoms with Crippen LogP contribution in [-0.4, -0.2) is 5.78 Å². The molecule has 1 aromatic rings. The van der Waals surface area contributed by atoms with Crippen LogP contribution in [0.5, 0.6) is 0 Å². The fourth-order valence-corrected chi connectivity index (χ4v) is 1.80. The third kappa shape index (κ3) is 3.70. The number of rotatable bonds is 4. The van der Waals surface area contributed by atoms with Gasteiger partial charge in [0.05, 0.1) is 5.56 Å². The Morgan fingerprint density at radius 3 is 2.50 bits per heavy atom. The number of halogens is 4. The summed E-state index contributed by atoms with van der Waals surface area (Å²) in [5, 5.41) is 0. The first kappa shape index (κ1) is 15.0. The van der Waals surface area contributed by atoms with E-state index in [2.05, 4.69) is 22.5 Å². The SMILES string of the molecule is C=C(CC)CC(=O)c1ccc(Br)cc1C(F)(F)F. The summed E-state index contributed by atoms with van der Waals surface area (Å²) in [5.41, 5.74) is -0.595. The Bertz CT molecular complexity index is 478. The zero-order chi connectivity index (χ0) is 13.9. The molecule has 1 aromatic carbocycles. The van der Waals surface area contributed by atoms with E-state index < -0.39 is 17.5 Å². The molecular weight excluding hydrogens is 309 g/mol. The van der Waals surface area contributed by atoms with Gasteiger partial charge in [-0.15, -0.1) is 0 Å². The van der Waals surface area contributed by atoms with E-state index >= 15 is 0 Å². The number of carbonyl (C=O) groups excluding carboxylic acids is 1. The number of allylic oxidation sites excluding steroid dienone is 1. The smallest absolute Gasteiger partial charge is 0.294 e. The van der Waals surface area contributed by atoms with Gasteiger partial charge < -0.3 is 0 Å². The molecule has 98 valence electrons. The summed E-state index contributed by atoms with van der Waals surface area (Å²) in [6.45, 7) is 5.44. The Kier molecular flexibility index (Phi) is 4.73. The third-order valence-corrected chi connectivity index (χ3v) is 2.99. The van der Waals surface area contributed by atoms with E-state index in [0.717, 1.165) is 6.07 Å². The average molecular weight is 321 g/mol. The van der Waals surface area contributed by atoms with Crippen LogP contribution < -0.4 is 0 Å². The van der Waals surface area contributed by atoms with Crippen LogP contribution in [0.2, 0.25) is 0 Å². The third-order valence-electron chi connectivity index (χ3n) is 2.50. The largest absolute Gasteiger partial charge is 0.417 e. The molecule has 0 N–H and O–H groups in total. The second kappa shape index (κ2) is 5.69. The summed E-state index contributed by atoms with van der Waals surface area (Å²) in [5.74, 6) is -0.554. The minimum atomic E-state index is -4.54. The number of ketones is 1. The molecule has 0 aliphatic heterocycles. The molecule has 0 radical (unpaired) electrons. The van der Waals surface area contributed by atoms with Crippen LogP contribution in [-0.2, 0) is 6.18 Å². The number of Topliss-reactive ketones (excluding diaryl/α,β-unsaturated/α-hetero) is 1. The average Bonchev–Trinajstić information content (AvgIpc) is 2.27. The number of alkyl halides is 3.